The second kappa shape index (κ2) is 6.04. The Balaban J connectivity index is 2.57. The van der Waals surface area contributed by atoms with Gasteiger partial charge in [0.1, 0.15) is 0 Å². The number of hydrogen-bond donors (Lipinski definition) is 1. The Hall–Kier alpha value is -0.830. The van der Waals surface area contributed by atoms with E-state index in [0.29, 0.717) is 12.5 Å². The predicted octanol–water partition coefficient (Wildman–Crippen LogP) is 1.79. The average Bonchev–Trinajstić information content (AvgIpc) is 2.24. The molecule has 0 bridgehead atoms. The van der Waals surface area contributed by atoms with Crippen LogP contribution in [0.25, 0.3) is 0 Å². The third kappa shape index (κ3) is 3.63. The summed E-state index contributed by atoms with van der Waals surface area (Å²) in [5.41, 5.74) is 6.99. The van der Waals surface area contributed by atoms with Gasteiger partial charge in [0.2, 0.25) is 5.91 Å². The van der Waals surface area contributed by atoms with Crippen molar-refractivity contribution in [3.8, 4) is 0 Å². The van der Waals surface area contributed by atoms with Gasteiger partial charge in [-0.25, -0.2) is 0 Å². The Morgan fingerprint density at radius 1 is 1.56 bits per heavy atom. The van der Waals surface area contributed by atoms with Gasteiger partial charge in [-0.15, -0.1) is 0 Å². The highest BCUT2D eigenvalue weighted by Crippen LogP contribution is 2.17. The lowest BCUT2D eigenvalue weighted by molar-refractivity contribution is -0.135. The van der Waals surface area contributed by atoms with Gasteiger partial charge in [-0.3, -0.25) is 4.79 Å². The Kier molecular flexibility index (Phi) is 5.00. The first-order valence-corrected chi connectivity index (χ1v) is 6.19. The number of rotatable bonds is 4. The molecular weight excluding hydrogens is 200 g/mol. The summed E-state index contributed by atoms with van der Waals surface area (Å²) in [7, 11) is 0. The first-order chi connectivity index (χ1) is 7.54. The van der Waals surface area contributed by atoms with Gasteiger partial charge in [0.15, 0.2) is 0 Å². The largest absolute Gasteiger partial charge is 0.338 e. The second-order valence-electron chi connectivity index (χ2n) is 5.16. The number of carbonyl (C=O) groups excluding carboxylic acids is 1. The van der Waals surface area contributed by atoms with E-state index in [0.717, 1.165) is 25.9 Å². The summed E-state index contributed by atoms with van der Waals surface area (Å²) in [5, 5.41) is 0. The van der Waals surface area contributed by atoms with Gasteiger partial charge in [-0.2, -0.15) is 0 Å². The zero-order chi connectivity index (χ0) is 12.1. The smallest absolute Gasteiger partial charge is 0.227 e. The van der Waals surface area contributed by atoms with Gasteiger partial charge in [-0.1, -0.05) is 25.5 Å². The minimum atomic E-state index is 0.00546. The highest BCUT2D eigenvalue weighted by Gasteiger charge is 2.24. The number of nitrogens with zero attached hydrogens (tertiary/aromatic N) is 1. The van der Waals surface area contributed by atoms with Crippen molar-refractivity contribution in [2.45, 2.75) is 33.6 Å². The molecule has 1 unspecified atom stereocenters. The molecule has 1 amide bonds. The number of amides is 1. The summed E-state index contributed by atoms with van der Waals surface area (Å²) in [5.74, 6) is 0.772. The molecule has 3 nitrogen and oxygen atoms in total. The van der Waals surface area contributed by atoms with Crippen LogP contribution in [0.2, 0.25) is 0 Å². The zero-order valence-corrected chi connectivity index (χ0v) is 10.7. The maximum atomic E-state index is 12.2. The minimum absolute atomic E-state index is 0.00546. The maximum absolute atomic E-state index is 12.2. The molecule has 16 heavy (non-hydrogen) atoms. The van der Waals surface area contributed by atoms with Crippen molar-refractivity contribution in [3.05, 3.63) is 11.6 Å². The molecule has 3 heteroatoms. The average molecular weight is 224 g/mol. The highest BCUT2D eigenvalue weighted by atomic mass is 16.2. The molecule has 1 rings (SSSR count). The molecule has 0 aromatic rings. The Morgan fingerprint density at radius 3 is 2.75 bits per heavy atom. The standard InChI is InChI=1S/C13H24N2O/c1-10(2)7-12(8-14)13(16)15-6-4-5-11(3)9-15/h5,10,12H,4,6-9,14H2,1-3H3. The number of nitrogens with two attached hydrogens (primary N) is 1. The molecule has 1 aliphatic heterocycles. The third-order valence-corrected chi connectivity index (χ3v) is 3.03. The number of carbonyl (C=O) groups is 1. The molecule has 0 fully saturated rings. The topological polar surface area (TPSA) is 46.3 Å². The van der Waals surface area contributed by atoms with Crippen LogP contribution in [-0.4, -0.2) is 30.4 Å². The quantitative estimate of drug-likeness (QED) is 0.740. The van der Waals surface area contributed by atoms with Crippen LogP contribution >= 0.6 is 0 Å². The molecule has 0 saturated carbocycles. The lowest BCUT2D eigenvalue weighted by Crippen LogP contribution is -2.42. The van der Waals surface area contributed by atoms with Gasteiger partial charge >= 0.3 is 0 Å². The molecular formula is C13H24N2O. The zero-order valence-electron chi connectivity index (χ0n) is 10.7. The van der Waals surface area contributed by atoms with E-state index in [2.05, 4.69) is 26.8 Å². The Labute approximate surface area is 98.7 Å². The van der Waals surface area contributed by atoms with Crippen LogP contribution in [0.4, 0.5) is 0 Å². The summed E-state index contributed by atoms with van der Waals surface area (Å²) in [6, 6.07) is 0. The molecule has 1 aliphatic rings. The van der Waals surface area contributed by atoms with Gasteiger partial charge in [-0.05, 0) is 25.7 Å². The van der Waals surface area contributed by atoms with Crippen molar-refractivity contribution in [2.75, 3.05) is 19.6 Å². The lowest BCUT2D eigenvalue weighted by atomic mass is 9.95. The van der Waals surface area contributed by atoms with E-state index >= 15 is 0 Å². The molecule has 0 radical (unpaired) electrons. The van der Waals surface area contributed by atoms with Crippen molar-refractivity contribution in [3.63, 3.8) is 0 Å². The van der Waals surface area contributed by atoms with Crippen LogP contribution in [0.15, 0.2) is 11.6 Å². The van der Waals surface area contributed by atoms with Crippen molar-refractivity contribution >= 4 is 5.91 Å². The summed E-state index contributed by atoms with van der Waals surface area (Å²) in [6.07, 6.45) is 4.09. The predicted molar refractivity (Wildman–Crippen MR) is 67.0 cm³/mol. The summed E-state index contributed by atoms with van der Waals surface area (Å²) in [6.45, 7) is 8.46. The fourth-order valence-electron chi connectivity index (χ4n) is 2.22. The first kappa shape index (κ1) is 13.2. The highest BCUT2D eigenvalue weighted by molar-refractivity contribution is 5.79. The van der Waals surface area contributed by atoms with E-state index in [4.69, 9.17) is 5.73 Å². The van der Waals surface area contributed by atoms with E-state index in [1.807, 2.05) is 4.90 Å². The van der Waals surface area contributed by atoms with Crippen LogP contribution in [-0.2, 0) is 4.79 Å². The molecule has 0 aromatic heterocycles. The van der Waals surface area contributed by atoms with Crippen LogP contribution in [0, 0.1) is 11.8 Å². The number of hydrogen-bond acceptors (Lipinski definition) is 2. The molecule has 1 heterocycles. The molecule has 0 aliphatic carbocycles. The monoisotopic (exact) mass is 224 g/mol. The normalized spacial score (nSPS) is 18.6. The van der Waals surface area contributed by atoms with E-state index in [-0.39, 0.29) is 11.8 Å². The van der Waals surface area contributed by atoms with Gasteiger partial charge < -0.3 is 10.6 Å². The van der Waals surface area contributed by atoms with Crippen LogP contribution in [0.1, 0.15) is 33.6 Å². The van der Waals surface area contributed by atoms with E-state index in [9.17, 15) is 4.79 Å². The van der Waals surface area contributed by atoms with E-state index < -0.39 is 0 Å². The fraction of sp³-hybridized carbons (Fsp3) is 0.769. The van der Waals surface area contributed by atoms with Gasteiger partial charge in [0.25, 0.3) is 0 Å². The SMILES string of the molecule is CC1=CCCN(C(=O)C(CN)CC(C)C)C1. The van der Waals surface area contributed by atoms with Crippen LogP contribution in [0.3, 0.4) is 0 Å². The molecule has 0 spiro atoms. The fourth-order valence-corrected chi connectivity index (χ4v) is 2.22. The van der Waals surface area contributed by atoms with Crippen molar-refractivity contribution in [1.29, 1.82) is 0 Å². The molecule has 2 N–H and O–H groups in total. The molecule has 92 valence electrons. The first-order valence-electron chi connectivity index (χ1n) is 6.19. The Morgan fingerprint density at radius 2 is 2.25 bits per heavy atom. The van der Waals surface area contributed by atoms with E-state index in [1.54, 1.807) is 0 Å². The molecule has 0 saturated heterocycles. The summed E-state index contributed by atoms with van der Waals surface area (Å²) in [4.78, 5) is 14.2. The van der Waals surface area contributed by atoms with Crippen molar-refractivity contribution < 1.29 is 4.79 Å². The summed E-state index contributed by atoms with van der Waals surface area (Å²) < 4.78 is 0. The van der Waals surface area contributed by atoms with Crippen LogP contribution < -0.4 is 5.73 Å². The van der Waals surface area contributed by atoms with Gasteiger partial charge in [0, 0.05) is 19.6 Å². The van der Waals surface area contributed by atoms with E-state index in [1.165, 1.54) is 5.57 Å². The second-order valence-corrected chi connectivity index (χ2v) is 5.16. The van der Waals surface area contributed by atoms with Gasteiger partial charge in [0.05, 0.1) is 5.92 Å². The molecule has 0 aromatic carbocycles. The summed E-state index contributed by atoms with van der Waals surface area (Å²) >= 11 is 0. The van der Waals surface area contributed by atoms with Crippen LogP contribution in [0.5, 0.6) is 0 Å². The maximum Gasteiger partial charge on any atom is 0.227 e. The Bertz CT molecular complexity index is 271. The van der Waals surface area contributed by atoms with Crippen molar-refractivity contribution in [2.24, 2.45) is 17.6 Å². The lowest BCUT2D eigenvalue weighted by Gasteiger charge is -2.30. The molecule has 1 atom stereocenters. The van der Waals surface area contributed by atoms with Crippen molar-refractivity contribution in [1.82, 2.24) is 4.90 Å². The third-order valence-electron chi connectivity index (χ3n) is 3.03. The minimum Gasteiger partial charge on any atom is -0.338 e.